The summed E-state index contributed by atoms with van der Waals surface area (Å²) in [6, 6.07) is 0. The van der Waals surface area contributed by atoms with E-state index in [-0.39, 0.29) is 0 Å². The van der Waals surface area contributed by atoms with Gasteiger partial charge < -0.3 is 20.0 Å². The highest BCUT2D eigenvalue weighted by Crippen LogP contribution is 2.19. The van der Waals surface area contributed by atoms with Crippen molar-refractivity contribution in [1.82, 2.24) is 24.5 Å². The van der Waals surface area contributed by atoms with Crippen molar-refractivity contribution in [2.75, 3.05) is 64.3 Å². The summed E-state index contributed by atoms with van der Waals surface area (Å²) in [5.74, 6) is 2.00. The summed E-state index contributed by atoms with van der Waals surface area (Å²) in [5, 5.41) is 4.61. The average Bonchev–Trinajstić information content (AvgIpc) is 3.36. The van der Waals surface area contributed by atoms with Crippen molar-refractivity contribution in [3.63, 3.8) is 0 Å². The van der Waals surface area contributed by atoms with E-state index in [1.54, 1.807) is 0 Å². The lowest BCUT2D eigenvalue weighted by atomic mass is 10.3. The number of rotatable bonds is 7. The molecule has 146 valence electrons. The highest BCUT2D eigenvalue weighted by atomic mass is 32.1. The average molecular weight is 380 g/mol. The smallest absolute Gasteiger partial charge is 0.205 e. The van der Waals surface area contributed by atoms with E-state index in [2.05, 4.69) is 41.3 Å². The molecule has 2 aliphatic rings. The predicted octanol–water partition coefficient (Wildman–Crippen LogP) is 1.67. The van der Waals surface area contributed by atoms with Crippen LogP contribution in [0, 0.1) is 0 Å². The van der Waals surface area contributed by atoms with Crippen LogP contribution in [0.1, 0.15) is 38.4 Å². The third-order valence-electron chi connectivity index (χ3n) is 5.22. The summed E-state index contributed by atoms with van der Waals surface area (Å²) < 4.78 is 4.40. The van der Waals surface area contributed by atoms with E-state index in [9.17, 15) is 0 Å². The van der Waals surface area contributed by atoms with E-state index < -0.39 is 0 Å². The van der Waals surface area contributed by atoms with E-state index in [0.717, 1.165) is 56.1 Å². The van der Waals surface area contributed by atoms with Crippen molar-refractivity contribution in [2.45, 2.75) is 39.0 Å². The summed E-state index contributed by atoms with van der Waals surface area (Å²) >= 11 is 1.52. The van der Waals surface area contributed by atoms with Gasteiger partial charge in [0.1, 0.15) is 5.82 Å². The molecular formula is C18H33N7S. The fourth-order valence-corrected chi connectivity index (χ4v) is 4.43. The molecule has 2 fully saturated rings. The lowest BCUT2D eigenvalue weighted by Gasteiger charge is -2.36. The van der Waals surface area contributed by atoms with Gasteiger partial charge in [0.2, 0.25) is 5.13 Å². The molecule has 0 aliphatic carbocycles. The quantitative estimate of drug-likeness (QED) is 0.442. The molecule has 0 amide bonds. The first-order valence-corrected chi connectivity index (χ1v) is 10.8. The van der Waals surface area contributed by atoms with Crippen LogP contribution in [0.4, 0.5) is 5.13 Å². The first kappa shape index (κ1) is 19.4. The molecule has 0 aromatic carbocycles. The third kappa shape index (κ3) is 5.30. The highest BCUT2D eigenvalue weighted by molar-refractivity contribution is 7.09. The molecule has 1 aromatic heterocycles. The summed E-state index contributed by atoms with van der Waals surface area (Å²) in [4.78, 5) is 16.4. The topological polar surface area (TPSA) is 59.9 Å². The maximum atomic E-state index is 4.61. The van der Waals surface area contributed by atoms with Gasteiger partial charge in [-0.25, -0.2) is 4.98 Å². The zero-order valence-electron chi connectivity index (χ0n) is 16.3. The number of unbranched alkanes of at least 4 members (excludes halogenated alkanes) is 1. The SMILES string of the molecule is CCc1nsc(N2CCN(C(=NC)NCCCCN3CCCC3)CC2)n1. The Morgan fingerprint density at radius 1 is 1.12 bits per heavy atom. The van der Waals surface area contributed by atoms with Crippen LogP contribution in [-0.2, 0) is 6.42 Å². The highest BCUT2D eigenvalue weighted by Gasteiger charge is 2.21. The standard InChI is InChI=1S/C18H33N7S/c1-3-16-21-18(26-22-16)25-14-12-24(13-15-25)17(19-2)20-8-4-5-9-23-10-6-7-11-23/h3-15H2,1-2H3,(H,19,20). The number of anilines is 1. The van der Waals surface area contributed by atoms with Gasteiger partial charge in [0.05, 0.1) is 0 Å². The van der Waals surface area contributed by atoms with Gasteiger partial charge in [0, 0.05) is 57.7 Å². The van der Waals surface area contributed by atoms with Gasteiger partial charge in [0.25, 0.3) is 0 Å². The Bertz CT molecular complexity index is 560. The molecule has 2 aliphatic heterocycles. The predicted molar refractivity (Wildman–Crippen MR) is 109 cm³/mol. The zero-order chi connectivity index (χ0) is 18.2. The molecule has 2 saturated heterocycles. The number of aryl methyl sites for hydroxylation is 1. The van der Waals surface area contributed by atoms with Crippen LogP contribution in [0.3, 0.4) is 0 Å². The summed E-state index contributed by atoms with van der Waals surface area (Å²) in [5.41, 5.74) is 0. The van der Waals surface area contributed by atoms with E-state index in [0.29, 0.717) is 0 Å². The van der Waals surface area contributed by atoms with Crippen LogP contribution in [-0.4, -0.2) is 84.5 Å². The van der Waals surface area contributed by atoms with E-state index in [1.807, 2.05) is 7.05 Å². The largest absolute Gasteiger partial charge is 0.356 e. The maximum absolute atomic E-state index is 4.61. The number of nitrogens with one attached hydrogen (secondary N) is 1. The molecule has 0 spiro atoms. The maximum Gasteiger partial charge on any atom is 0.205 e. The van der Waals surface area contributed by atoms with Crippen LogP contribution in [0.15, 0.2) is 4.99 Å². The number of guanidine groups is 1. The van der Waals surface area contributed by atoms with Gasteiger partial charge in [-0.2, -0.15) is 4.37 Å². The first-order valence-electron chi connectivity index (χ1n) is 10.1. The van der Waals surface area contributed by atoms with Crippen molar-refractivity contribution < 1.29 is 0 Å². The Morgan fingerprint density at radius 2 is 1.88 bits per heavy atom. The first-order chi connectivity index (χ1) is 12.8. The molecule has 1 N–H and O–H groups in total. The minimum absolute atomic E-state index is 0.908. The fourth-order valence-electron chi connectivity index (χ4n) is 3.63. The van der Waals surface area contributed by atoms with Crippen molar-refractivity contribution in [1.29, 1.82) is 0 Å². The second kappa shape index (κ2) is 10.1. The molecule has 0 unspecified atom stereocenters. The third-order valence-corrected chi connectivity index (χ3v) is 6.03. The molecular weight excluding hydrogens is 346 g/mol. The van der Waals surface area contributed by atoms with Crippen LogP contribution >= 0.6 is 11.5 Å². The monoisotopic (exact) mass is 379 g/mol. The summed E-state index contributed by atoms with van der Waals surface area (Å²) in [6.07, 6.45) is 6.15. The minimum atomic E-state index is 0.908. The number of nitrogens with zero attached hydrogens (tertiary/aromatic N) is 6. The zero-order valence-corrected chi connectivity index (χ0v) is 17.1. The van der Waals surface area contributed by atoms with Gasteiger partial charge in [-0.15, -0.1) is 0 Å². The van der Waals surface area contributed by atoms with Gasteiger partial charge in [0.15, 0.2) is 5.96 Å². The number of aliphatic imine (C=N–C) groups is 1. The van der Waals surface area contributed by atoms with Crippen molar-refractivity contribution in [3.05, 3.63) is 5.82 Å². The van der Waals surface area contributed by atoms with Crippen LogP contribution < -0.4 is 10.2 Å². The van der Waals surface area contributed by atoms with E-state index in [1.165, 1.54) is 56.9 Å². The van der Waals surface area contributed by atoms with Crippen molar-refractivity contribution in [3.8, 4) is 0 Å². The Balaban J connectivity index is 1.35. The van der Waals surface area contributed by atoms with Gasteiger partial charge in [-0.1, -0.05) is 6.92 Å². The number of aromatic nitrogens is 2. The molecule has 26 heavy (non-hydrogen) atoms. The van der Waals surface area contributed by atoms with Crippen LogP contribution in [0.2, 0.25) is 0 Å². The second-order valence-corrected chi connectivity index (χ2v) is 7.78. The normalized spacial score (nSPS) is 19.4. The molecule has 3 heterocycles. The Kier molecular flexibility index (Phi) is 7.49. The Morgan fingerprint density at radius 3 is 2.54 bits per heavy atom. The van der Waals surface area contributed by atoms with Crippen molar-refractivity contribution in [2.24, 2.45) is 4.99 Å². The lowest BCUT2D eigenvalue weighted by Crippen LogP contribution is -2.52. The molecule has 0 radical (unpaired) electrons. The fraction of sp³-hybridized carbons (Fsp3) is 0.833. The van der Waals surface area contributed by atoms with Gasteiger partial charge >= 0.3 is 0 Å². The van der Waals surface area contributed by atoms with Crippen LogP contribution in [0.25, 0.3) is 0 Å². The van der Waals surface area contributed by atoms with E-state index >= 15 is 0 Å². The summed E-state index contributed by atoms with van der Waals surface area (Å²) in [7, 11) is 1.89. The molecule has 0 bridgehead atoms. The molecule has 0 atom stereocenters. The Hall–Kier alpha value is -1.41. The van der Waals surface area contributed by atoms with Gasteiger partial charge in [-0.3, -0.25) is 4.99 Å². The molecule has 8 heteroatoms. The van der Waals surface area contributed by atoms with E-state index in [4.69, 9.17) is 0 Å². The number of likely N-dealkylation sites (tertiary alicyclic amines) is 1. The van der Waals surface area contributed by atoms with Crippen molar-refractivity contribution >= 4 is 22.6 Å². The molecule has 7 nitrogen and oxygen atoms in total. The number of hydrogen-bond acceptors (Lipinski definition) is 6. The van der Waals surface area contributed by atoms with Crippen LogP contribution in [0.5, 0.6) is 0 Å². The molecule has 3 rings (SSSR count). The summed E-state index contributed by atoms with van der Waals surface area (Å²) in [6.45, 7) is 10.9. The minimum Gasteiger partial charge on any atom is -0.356 e. The number of hydrogen-bond donors (Lipinski definition) is 1. The second-order valence-electron chi connectivity index (χ2n) is 7.05. The number of piperazine rings is 1. The van der Waals surface area contributed by atoms with Gasteiger partial charge in [-0.05, 0) is 45.3 Å². The lowest BCUT2D eigenvalue weighted by molar-refractivity contribution is 0.329. The molecule has 1 aromatic rings. The molecule has 0 saturated carbocycles. The Labute approximate surface area is 161 Å².